The molecule has 0 aliphatic heterocycles. The van der Waals surface area contributed by atoms with Gasteiger partial charge in [0.25, 0.3) is 0 Å². The molecule has 0 fully saturated rings. The Morgan fingerprint density at radius 2 is 1.58 bits per heavy atom. The van der Waals surface area contributed by atoms with Crippen LogP contribution in [-0.4, -0.2) is 29.7 Å². The molecule has 0 radical (unpaired) electrons. The van der Waals surface area contributed by atoms with E-state index in [4.69, 9.17) is 0 Å². The van der Waals surface area contributed by atoms with E-state index in [0.717, 1.165) is 6.92 Å². The predicted octanol–water partition coefficient (Wildman–Crippen LogP) is 4.20. The van der Waals surface area contributed by atoms with Crippen LogP contribution in [0.25, 0.3) is 0 Å². The topological polar surface area (TPSA) is 26.3 Å². The molecular formula is C9H11F7O2S. The quantitative estimate of drug-likeness (QED) is 0.400. The summed E-state index contributed by atoms with van der Waals surface area (Å²) >= 11 is 0.621. The maximum absolute atomic E-state index is 12.8. The lowest BCUT2D eigenvalue weighted by Gasteiger charge is -2.28. The molecule has 0 saturated carbocycles. The molecule has 0 unspecified atom stereocenters. The highest BCUT2D eigenvalue weighted by Gasteiger charge is 2.72. The van der Waals surface area contributed by atoms with Gasteiger partial charge < -0.3 is 4.18 Å². The molecule has 0 bridgehead atoms. The molecule has 0 aliphatic carbocycles. The number of alkyl halides is 7. The van der Waals surface area contributed by atoms with Crippen LogP contribution in [0.1, 0.15) is 26.2 Å². The molecule has 0 aliphatic rings. The molecule has 0 saturated heterocycles. The van der Waals surface area contributed by atoms with Crippen molar-refractivity contribution in [3.8, 4) is 0 Å². The molecular weight excluding hydrogens is 305 g/mol. The molecule has 2 nitrogen and oxygen atoms in total. The Hall–Kier alpha value is -0.670. The summed E-state index contributed by atoms with van der Waals surface area (Å²) in [6, 6.07) is 0. The number of rotatable bonds is 7. The summed E-state index contributed by atoms with van der Waals surface area (Å²) in [5, 5.41) is 0. The van der Waals surface area contributed by atoms with E-state index in [-0.39, 0.29) is 12.2 Å². The summed E-state index contributed by atoms with van der Waals surface area (Å²) < 4.78 is 90.1. The third kappa shape index (κ3) is 5.45. The van der Waals surface area contributed by atoms with Crippen LogP contribution in [-0.2, 0) is 8.98 Å². The van der Waals surface area contributed by atoms with E-state index in [1.807, 2.05) is 0 Å². The van der Waals surface area contributed by atoms with Gasteiger partial charge in [-0.15, -0.1) is 0 Å². The van der Waals surface area contributed by atoms with Gasteiger partial charge in [-0.2, -0.15) is 30.7 Å². The Kier molecular flexibility index (Phi) is 6.43. The number of halogens is 7. The number of hydrogen-bond acceptors (Lipinski definition) is 3. The van der Waals surface area contributed by atoms with Crippen molar-refractivity contribution in [1.82, 2.24) is 0 Å². The maximum Gasteiger partial charge on any atom is 0.459 e. The Bertz CT molecular complexity index is 303. The van der Waals surface area contributed by atoms with Crippen molar-refractivity contribution in [1.29, 1.82) is 0 Å². The first-order valence-corrected chi connectivity index (χ1v) is 5.95. The highest BCUT2D eigenvalue weighted by molar-refractivity contribution is 7.95. The first-order valence-electron chi connectivity index (χ1n) is 5.04. The molecule has 0 heterocycles. The third-order valence-electron chi connectivity index (χ3n) is 1.96. The number of unbranched alkanes of at least 4 members (excludes halogenated alkanes) is 1. The number of carbonyl (C=O) groups excluding carboxylic acids is 1. The molecule has 0 spiro atoms. The van der Waals surface area contributed by atoms with Crippen molar-refractivity contribution in [2.45, 2.75) is 44.2 Å². The van der Waals surface area contributed by atoms with E-state index in [1.54, 1.807) is 0 Å². The largest absolute Gasteiger partial charge is 0.459 e. The normalized spacial score (nSPS) is 13.5. The standard InChI is InChI=1S/C9H11F7O2S/c1-6(17)18-19-5-3-2-4-7(10,11)8(12,13)9(14,15)16/h2-5H2,1H3. The van der Waals surface area contributed by atoms with Crippen LogP contribution in [0.5, 0.6) is 0 Å². The molecule has 0 N–H and O–H groups in total. The van der Waals surface area contributed by atoms with E-state index in [0.29, 0.717) is 12.0 Å². The van der Waals surface area contributed by atoms with Crippen LogP contribution in [0, 0.1) is 0 Å². The highest BCUT2D eigenvalue weighted by atomic mass is 32.2. The van der Waals surface area contributed by atoms with Gasteiger partial charge in [0.1, 0.15) is 0 Å². The molecule has 114 valence electrons. The lowest BCUT2D eigenvalue weighted by atomic mass is 10.0. The summed E-state index contributed by atoms with van der Waals surface area (Å²) in [5.41, 5.74) is 0. The van der Waals surface area contributed by atoms with Gasteiger partial charge in [0, 0.05) is 19.1 Å². The fourth-order valence-corrected chi connectivity index (χ4v) is 1.57. The van der Waals surface area contributed by atoms with Gasteiger partial charge in [-0.25, -0.2) is 0 Å². The zero-order valence-corrected chi connectivity index (χ0v) is 10.5. The Morgan fingerprint density at radius 1 is 1.05 bits per heavy atom. The number of carbonyl (C=O) groups is 1. The summed E-state index contributed by atoms with van der Waals surface area (Å²) in [7, 11) is 0. The van der Waals surface area contributed by atoms with Crippen LogP contribution in [0.15, 0.2) is 0 Å². The zero-order valence-electron chi connectivity index (χ0n) is 9.70. The van der Waals surface area contributed by atoms with Crippen molar-refractivity contribution in [2.24, 2.45) is 0 Å². The van der Waals surface area contributed by atoms with Crippen molar-refractivity contribution < 1.29 is 39.7 Å². The monoisotopic (exact) mass is 316 g/mol. The summed E-state index contributed by atoms with van der Waals surface area (Å²) in [5.74, 6) is -11.8. The first kappa shape index (κ1) is 18.3. The Labute approximate surface area is 108 Å². The van der Waals surface area contributed by atoms with Gasteiger partial charge >= 0.3 is 24.0 Å². The first-order chi connectivity index (χ1) is 8.42. The van der Waals surface area contributed by atoms with Gasteiger partial charge in [-0.3, -0.25) is 4.79 Å². The van der Waals surface area contributed by atoms with Gasteiger partial charge in [0.15, 0.2) is 0 Å². The molecule has 0 aromatic carbocycles. The van der Waals surface area contributed by atoms with E-state index >= 15 is 0 Å². The second-order valence-corrected chi connectivity index (χ2v) is 4.44. The van der Waals surface area contributed by atoms with Gasteiger partial charge in [0.2, 0.25) is 0 Å². The fourth-order valence-electron chi connectivity index (χ4n) is 0.997. The second-order valence-electron chi connectivity index (χ2n) is 3.63. The molecule has 10 heteroatoms. The number of hydrogen-bond donors (Lipinski definition) is 0. The van der Waals surface area contributed by atoms with Crippen molar-refractivity contribution in [2.75, 3.05) is 5.75 Å². The SMILES string of the molecule is CC(=O)OSCCCCC(F)(F)C(F)(F)C(F)(F)F. The van der Waals surface area contributed by atoms with Gasteiger partial charge in [-0.1, -0.05) is 0 Å². The van der Waals surface area contributed by atoms with Crippen molar-refractivity contribution >= 4 is 18.0 Å². The van der Waals surface area contributed by atoms with E-state index < -0.39 is 36.8 Å². The predicted molar refractivity (Wildman–Crippen MR) is 54.0 cm³/mol. The molecule has 0 aromatic heterocycles. The zero-order chi connectivity index (χ0) is 15.3. The fraction of sp³-hybridized carbons (Fsp3) is 0.889. The Morgan fingerprint density at radius 3 is 2.00 bits per heavy atom. The summed E-state index contributed by atoms with van der Waals surface area (Å²) in [6.45, 7) is 1.10. The summed E-state index contributed by atoms with van der Waals surface area (Å²) in [4.78, 5) is 10.3. The molecule has 19 heavy (non-hydrogen) atoms. The second kappa shape index (κ2) is 6.67. The minimum absolute atomic E-state index is 0.0350. The minimum Gasteiger partial charge on any atom is -0.392 e. The van der Waals surface area contributed by atoms with Crippen molar-refractivity contribution in [3.63, 3.8) is 0 Å². The van der Waals surface area contributed by atoms with Crippen molar-refractivity contribution in [3.05, 3.63) is 0 Å². The van der Waals surface area contributed by atoms with Crippen LogP contribution in [0.4, 0.5) is 30.7 Å². The average molecular weight is 316 g/mol. The summed E-state index contributed by atoms with van der Waals surface area (Å²) in [6.07, 6.45) is -8.52. The minimum atomic E-state index is -6.29. The van der Waals surface area contributed by atoms with Crippen LogP contribution >= 0.6 is 12.0 Å². The van der Waals surface area contributed by atoms with E-state index in [2.05, 4.69) is 4.18 Å². The lowest BCUT2D eigenvalue weighted by molar-refractivity contribution is -0.355. The van der Waals surface area contributed by atoms with E-state index in [9.17, 15) is 35.5 Å². The average Bonchev–Trinajstić information content (AvgIpc) is 2.20. The molecule has 0 aromatic rings. The molecule has 0 amide bonds. The highest BCUT2D eigenvalue weighted by Crippen LogP contribution is 2.48. The lowest BCUT2D eigenvalue weighted by Crippen LogP contribution is -2.51. The van der Waals surface area contributed by atoms with Crippen LogP contribution in [0.3, 0.4) is 0 Å². The smallest absolute Gasteiger partial charge is 0.392 e. The molecule has 0 atom stereocenters. The van der Waals surface area contributed by atoms with E-state index in [1.165, 1.54) is 0 Å². The third-order valence-corrected chi connectivity index (χ3v) is 2.77. The molecule has 0 rings (SSSR count). The Balaban J connectivity index is 4.14. The van der Waals surface area contributed by atoms with Gasteiger partial charge in [-0.05, 0) is 12.8 Å². The van der Waals surface area contributed by atoms with Crippen LogP contribution in [0.2, 0.25) is 0 Å². The maximum atomic E-state index is 12.8. The van der Waals surface area contributed by atoms with Crippen LogP contribution < -0.4 is 0 Å². The van der Waals surface area contributed by atoms with Gasteiger partial charge in [0.05, 0.1) is 12.0 Å².